The van der Waals surface area contributed by atoms with Crippen LogP contribution in [-0.4, -0.2) is 41.0 Å². The van der Waals surface area contributed by atoms with Crippen molar-refractivity contribution in [1.82, 2.24) is 10.3 Å². The predicted octanol–water partition coefficient (Wildman–Crippen LogP) is -0.0430. The largest absolute Gasteiger partial charge is 0.396 e. The monoisotopic (exact) mass is 210 g/mol. The van der Waals surface area contributed by atoms with Crippen LogP contribution in [0.25, 0.3) is 0 Å². The van der Waals surface area contributed by atoms with E-state index < -0.39 is 0 Å². The second-order valence-electron chi connectivity index (χ2n) is 3.42. The van der Waals surface area contributed by atoms with Gasteiger partial charge in [-0.25, -0.2) is 0 Å². The van der Waals surface area contributed by atoms with Gasteiger partial charge in [0.15, 0.2) is 0 Å². The summed E-state index contributed by atoms with van der Waals surface area (Å²) in [7, 11) is 0. The lowest BCUT2D eigenvalue weighted by atomic mass is 10.2. The van der Waals surface area contributed by atoms with Gasteiger partial charge >= 0.3 is 0 Å². The summed E-state index contributed by atoms with van der Waals surface area (Å²) in [5.41, 5.74) is 1.03. The van der Waals surface area contributed by atoms with Crippen molar-refractivity contribution in [3.63, 3.8) is 0 Å². The highest BCUT2D eigenvalue weighted by Gasteiger charge is 2.04. The highest BCUT2D eigenvalue weighted by Crippen LogP contribution is 1.95. The Morgan fingerprint density at radius 3 is 2.80 bits per heavy atom. The average molecular weight is 210 g/mol. The van der Waals surface area contributed by atoms with Crippen LogP contribution in [0.4, 0.5) is 0 Å². The Morgan fingerprint density at radius 1 is 1.33 bits per heavy atom. The van der Waals surface area contributed by atoms with Gasteiger partial charge in [-0.15, -0.1) is 0 Å². The second-order valence-corrected chi connectivity index (χ2v) is 3.42. The lowest BCUT2D eigenvalue weighted by molar-refractivity contribution is 0.201. The molecule has 4 nitrogen and oxygen atoms in total. The third-order valence-corrected chi connectivity index (χ3v) is 2.24. The molecule has 0 aromatic carbocycles. The normalized spacial score (nSPS) is 12.7. The molecule has 1 aromatic heterocycles. The van der Waals surface area contributed by atoms with Crippen molar-refractivity contribution in [1.29, 1.82) is 0 Å². The first-order valence-electron chi connectivity index (χ1n) is 5.22. The van der Waals surface area contributed by atoms with Crippen molar-refractivity contribution in [2.45, 2.75) is 18.9 Å². The molecule has 0 aliphatic carbocycles. The van der Waals surface area contributed by atoms with Gasteiger partial charge in [-0.1, -0.05) is 6.07 Å². The zero-order chi connectivity index (χ0) is 10.9. The van der Waals surface area contributed by atoms with Gasteiger partial charge in [-0.2, -0.15) is 0 Å². The molecule has 1 atom stereocenters. The summed E-state index contributed by atoms with van der Waals surface area (Å²) in [6.45, 7) is 0.923. The van der Waals surface area contributed by atoms with E-state index in [4.69, 9.17) is 10.2 Å². The zero-order valence-corrected chi connectivity index (χ0v) is 8.76. The molecule has 1 aromatic rings. The van der Waals surface area contributed by atoms with Crippen LogP contribution < -0.4 is 5.32 Å². The molecule has 0 saturated heterocycles. The maximum Gasteiger partial charge on any atom is 0.0585 e. The van der Waals surface area contributed by atoms with E-state index in [9.17, 15) is 0 Å². The van der Waals surface area contributed by atoms with E-state index in [-0.39, 0.29) is 19.3 Å². The first-order chi connectivity index (χ1) is 7.36. The van der Waals surface area contributed by atoms with Crippen LogP contribution in [0.5, 0.6) is 0 Å². The van der Waals surface area contributed by atoms with E-state index in [1.54, 1.807) is 6.20 Å². The number of aliphatic hydroxyl groups is 2. The summed E-state index contributed by atoms with van der Waals surface area (Å²) < 4.78 is 0. The Morgan fingerprint density at radius 2 is 2.20 bits per heavy atom. The minimum absolute atomic E-state index is 0.0151. The van der Waals surface area contributed by atoms with Gasteiger partial charge in [0.05, 0.1) is 6.61 Å². The van der Waals surface area contributed by atoms with E-state index in [2.05, 4.69) is 10.3 Å². The van der Waals surface area contributed by atoms with Crippen LogP contribution in [0.3, 0.4) is 0 Å². The molecule has 0 saturated carbocycles. The van der Waals surface area contributed by atoms with Crippen LogP contribution in [0.1, 0.15) is 12.1 Å². The van der Waals surface area contributed by atoms with Gasteiger partial charge < -0.3 is 15.5 Å². The predicted molar refractivity (Wildman–Crippen MR) is 58.5 cm³/mol. The fraction of sp³-hybridized carbons (Fsp3) is 0.545. The van der Waals surface area contributed by atoms with Gasteiger partial charge in [0.2, 0.25) is 0 Å². The van der Waals surface area contributed by atoms with Gasteiger partial charge in [-0.05, 0) is 18.6 Å². The Hall–Kier alpha value is -0.970. The lowest BCUT2D eigenvalue weighted by Gasteiger charge is -2.14. The molecule has 0 spiro atoms. The fourth-order valence-electron chi connectivity index (χ4n) is 1.36. The van der Waals surface area contributed by atoms with Crippen molar-refractivity contribution in [2.24, 2.45) is 0 Å². The van der Waals surface area contributed by atoms with Crippen molar-refractivity contribution in [2.75, 3.05) is 19.8 Å². The van der Waals surface area contributed by atoms with Gasteiger partial charge in [-0.3, -0.25) is 4.98 Å². The standard InChI is InChI=1S/C11H18N2O2/c14-8-5-11(9-15)13-7-4-10-3-1-2-6-12-10/h1-3,6,11,13-15H,4-5,7-9H2. The summed E-state index contributed by atoms with van der Waals surface area (Å²) in [4.78, 5) is 4.20. The topological polar surface area (TPSA) is 65.4 Å². The molecule has 0 bridgehead atoms. The van der Waals surface area contributed by atoms with E-state index in [0.717, 1.165) is 18.7 Å². The van der Waals surface area contributed by atoms with Crippen LogP contribution in [0.15, 0.2) is 24.4 Å². The number of pyridine rings is 1. The van der Waals surface area contributed by atoms with Crippen LogP contribution in [0, 0.1) is 0 Å². The van der Waals surface area contributed by atoms with Crippen LogP contribution in [0.2, 0.25) is 0 Å². The Balaban J connectivity index is 2.20. The van der Waals surface area contributed by atoms with E-state index in [0.29, 0.717) is 6.42 Å². The molecule has 1 unspecified atom stereocenters. The van der Waals surface area contributed by atoms with Gasteiger partial charge in [0.25, 0.3) is 0 Å². The summed E-state index contributed by atoms with van der Waals surface area (Å²) in [5, 5.41) is 20.9. The molecule has 0 radical (unpaired) electrons. The maximum absolute atomic E-state index is 8.97. The van der Waals surface area contributed by atoms with Gasteiger partial charge in [0, 0.05) is 37.5 Å². The number of hydrogen-bond donors (Lipinski definition) is 3. The SMILES string of the molecule is OCCC(CO)NCCc1ccccn1. The number of nitrogens with one attached hydrogen (secondary N) is 1. The first-order valence-corrected chi connectivity index (χ1v) is 5.22. The summed E-state index contributed by atoms with van der Waals surface area (Å²) in [6.07, 6.45) is 3.19. The minimum atomic E-state index is -0.0151. The summed E-state index contributed by atoms with van der Waals surface area (Å²) >= 11 is 0. The second kappa shape index (κ2) is 7.34. The fourth-order valence-corrected chi connectivity index (χ4v) is 1.36. The zero-order valence-electron chi connectivity index (χ0n) is 8.76. The lowest BCUT2D eigenvalue weighted by Crippen LogP contribution is -2.34. The minimum Gasteiger partial charge on any atom is -0.396 e. The number of hydrogen-bond acceptors (Lipinski definition) is 4. The number of nitrogens with zero attached hydrogens (tertiary/aromatic N) is 1. The maximum atomic E-state index is 8.97. The quantitative estimate of drug-likeness (QED) is 0.590. The molecule has 84 valence electrons. The van der Waals surface area contributed by atoms with E-state index in [1.165, 1.54) is 0 Å². The molecule has 3 N–H and O–H groups in total. The van der Waals surface area contributed by atoms with E-state index in [1.807, 2.05) is 18.2 Å². The number of aromatic nitrogens is 1. The first kappa shape index (κ1) is 12.1. The Kier molecular flexibility index (Phi) is 5.92. The third kappa shape index (κ3) is 4.88. The van der Waals surface area contributed by atoms with Crippen LogP contribution >= 0.6 is 0 Å². The molecule has 0 amide bonds. The molecule has 0 fully saturated rings. The molecule has 15 heavy (non-hydrogen) atoms. The van der Waals surface area contributed by atoms with E-state index >= 15 is 0 Å². The average Bonchev–Trinajstić information content (AvgIpc) is 2.29. The molecule has 4 heteroatoms. The number of rotatable bonds is 7. The van der Waals surface area contributed by atoms with Crippen molar-refractivity contribution in [3.05, 3.63) is 30.1 Å². The number of aliphatic hydroxyl groups excluding tert-OH is 2. The summed E-state index contributed by atoms with van der Waals surface area (Å²) in [5.74, 6) is 0. The molecular weight excluding hydrogens is 192 g/mol. The van der Waals surface area contributed by atoms with Crippen molar-refractivity contribution >= 4 is 0 Å². The van der Waals surface area contributed by atoms with Crippen LogP contribution in [-0.2, 0) is 6.42 Å². The Labute approximate surface area is 90.0 Å². The third-order valence-electron chi connectivity index (χ3n) is 2.24. The highest BCUT2D eigenvalue weighted by atomic mass is 16.3. The molecule has 0 aliphatic heterocycles. The van der Waals surface area contributed by atoms with Gasteiger partial charge in [0.1, 0.15) is 0 Å². The van der Waals surface area contributed by atoms with Crippen molar-refractivity contribution in [3.8, 4) is 0 Å². The molecule has 1 rings (SSSR count). The van der Waals surface area contributed by atoms with Crippen molar-refractivity contribution < 1.29 is 10.2 Å². The smallest absolute Gasteiger partial charge is 0.0585 e. The molecular formula is C11H18N2O2. The summed E-state index contributed by atoms with van der Waals surface area (Å²) in [6, 6.07) is 5.80. The molecule has 0 aliphatic rings. The molecule has 1 heterocycles. The highest BCUT2D eigenvalue weighted by molar-refractivity contribution is 5.03. The Bertz CT molecular complexity index is 254.